The molecule has 0 bridgehead atoms. The molecule has 16 heavy (non-hydrogen) atoms. The summed E-state index contributed by atoms with van der Waals surface area (Å²) in [4.78, 5) is 15.2. The number of carboxylic acid groups (broad SMARTS) is 1. The minimum absolute atomic E-state index is 0.196. The highest BCUT2D eigenvalue weighted by molar-refractivity contribution is 14.1. The van der Waals surface area contributed by atoms with Crippen LogP contribution < -0.4 is 0 Å². The highest BCUT2D eigenvalue weighted by Gasteiger charge is 2.11. The third-order valence-electron chi connectivity index (χ3n) is 2.23. The summed E-state index contributed by atoms with van der Waals surface area (Å²) in [6.07, 6.45) is 0. The van der Waals surface area contributed by atoms with Crippen molar-refractivity contribution in [2.75, 3.05) is 0 Å². The van der Waals surface area contributed by atoms with Gasteiger partial charge < -0.3 is 5.11 Å². The van der Waals surface area contributed by atoms with Crippen LogP contribution in [-0.2, 0) is 4.43 Å². The maximum Gasteiger partial charge on any atom is 0.336 e. The number of alkyl halides is 1. The highest BCUT2D eigenvalue weighted by atomic mass is 127. The van der Waals surface area contributed by atoms with Gasteiger partial charge in [-0.3, -0.25) is 0 Å². The van der Waals surface area contributed by atoms with E-state index in [1.807, 2.05) is 12.1 Å². The molecule has 0 unspecified atom stereocenters. The molecule has 0 aliphatic carbocycles. The number of hydrogen-bond acceptors (Lipinski definition) is 2. The van der Waals surface area contributed by atoms with E-state index in [0.717, 1.165) is 9.99 Å². The van der Waals surface area contributed by atoms with E-state index in [9.17, 15) is 4.79 Å². The zero-order valence-corrected chi connectivity index (χ0v) is 11.0. The Bertz CT molecular complexity index is 571. The Labute approximate surface area is 111 Å². The summed E-state index contributed by atoms with van der Waals surface area (Å²) in [5.74, 6) is -0.986. The summed E-state index contributed by atoms with van der Waals surface area (Å²) in [5.41, 5.74) is 1.87. The maximum absolute atomic E-state index is 11.1. The maximum atomic E-state index is 11.1. The summed E-state index contributed by atoms with van der Waals surface area (Å²) < 4.78 is 0.829. The molecular formula is C11H7ClINO2. The number of aromatic carboxylic acids is 1. The molecule has 0 saturated carbocycles. The molecule has 0 radical (unpaired) electrons. The molecule has 3 nitrogen and oxygen atoms in total. The van der Waals surface area contributed by atoms with Crippen molar-refractivity contribution in [1.82, 2.24) is 4.98 Å². The van der Waals surface area contributed by atoms with Gasteiger partial charge in [-0.25, -0.2) is 9.78 Å². The molecule has 0 amide bonds. The smallest absolute Gasteiger partial charge is 0.336 e. The number of halogens is 2. The second-order valence-electron chi connectivity index (χ2n) is 3.28. The second-order valence-corrected chi connectivity index (χ2v) is 4.43. The number of aromatic nitrogens is 1. The molecule has 0 fully saturated rings. The molecule has 1 heterocycles. The quantitative estimate of drug-likeness (QED) is 0.514. The van der Waals surface area contributed by atoms with Crippen LogP contribution in [-0.4, -0.2) is 16.1 Å². The molecule has 2 aromatic rings. The Kier molecular flexibility index (Phi) is 3.30. The monoisotopic (exact) mass is 347 g/mol. The number of nitrogens with zero attached hydrogens (tertiary/aromatic N) is 1. The van der Waals surface area contributed by atoms with Crippen LogP contribution in [0.15, 0.2) is 24.3 Å². The second kappa shape index (κ2) is 4.55. The third kappa shape index (κ3) is 2.12. The number of pyridine rings is 1. The van der Waals surface area contributed by atoms with Crippen molar-refractivity contribution in [3.63, 3.8) is 0 Å². The number of carbonyl (C=O) groups is 1. The van der Waals surface area contributed by atoms with E-state index < -0.39 is 5.97 Å². The summed E-state index contributed by atoms with van der Waals surface area (Å²) in [5, 5.41) is 9.91. The summed E-state index contributed by atoms with van der Waals surface area (Å²) >= 11 is 7.99. The third-order valence-corrected chi connectivity index (χ3v) is 3.30. The van der Waals surface area contributed by atoms with Gasteiger partial charge in [0.25, 0.3) is 0 Å². The van der Waals surface area contributed by atoms with Crippen LogP contribution in [0.1, 0.15) is 15.9 Å². The van der Waals surface area contributed by atoms with Gasteiger partial charge in [0.1, 0.15) is 5.15 Å². The Morgan fingerprint density at radius 2 is 2.19 bits per heavy atom. The van der Waals surface area contributed by atoms with Crippen molar-refractivity contribution in [3.05, 3.63) is 40.5 Å². The first-order chi connectivity index (χ1) is 7.61. The molecule has 1 N–H and O–H groups in total. The fourth-order valence-corrected chi connectivity index (χ4v) is 2.18. The Morgan fingerprint density at radius 1 is 1.44 bits per heavy atom. The number of benzene rings is 1. The minimum atomic E-state index is -0.986. The number of carboxylic acids is 1. The lowest BCUT2D eigenvalue weighted by atomic mass is 10.1. The molecule has 0 saturated heterocycles. The zero-order valence-electron chi connectivity index (χ0n) is 8.08. The van der Waals surface area contributed by atoms with Crippen molar-refractivity contribution in [1.29, 1.82) is 0 Å². The fraction of sp³-hybridized carbons (Fsp3) is 0.0909. The van der Waals surface area contributed by atoms with Gasteiger partial charge in [-0.2, -0.15) is 0 Å². The van der Waals surface area contributed by atoms with Crippen LogP contribution in [0.25, 0.3) is 10.9 Å². The van der Waals surface area contributed by atoms with Crippen LogP contribution in [0.4, 0.5) is 0 Å². The Balaban J connectivity index is 2.80. The lowest BCUT2D eigenvalue weighted by molar-refractivity contribution is 0.0699. The first-order valence-corrected chi connectivity index (χ1v) is 6.40. The molecule has 0 spiro atoms. The number of hydrogen-bond donors (Lipinski definition) is 1. The molecule has 82 valence electrons. The van der Waals surface area contributed by atoms with E-state index in [-0.39, 0.29) is 10.7 Å². The number of rotatable bonds is 2. The van der Waals surface area contributed by atoms with Gasteiger partial charge in [-0.15, -0.1) is 0 Å². The van der Waals surface area contributed by atoms with Crippen molar-refractivity contribution in [3.8, 4) is 0 Å². The Morgan fingerprint density at radius 3 is 2.81 bits per heavy atom. The predicted molar refractivity (Wildman–Crippen MR) is 71.4 cm³/mol. The Hall–Kier alpha value is -0.880. The van der Waals surface area contributed by atoms with Crippen LogP contribution in [0.2, 0.25) is 5.15 Å². The van der Waals surface area contributed by atoms with Gasteiger partial charge in [-0.05, 0) is 23.8 Å². The van der Waals surface area contributed by atoms with Crippen molar-refractivity contribution in [2.24, 2.45) is 0 Å². The molecular weight excluding hydrogens is 340 g/mol. The lowest BCUT2D eigenvalue weighted by Gasteiger charge is -2.04. The van der Waals surface area contributed by atoms with E-state index in [4.69, 9.17) is 16.7 Å². The van der Waals surface area contributed by atoms with E-state index >= 15 is 0 Å². The predicted octanol–water partition coefficient (Wildman–Crippen LogP) is 3.52. The molecule has 2 rings (SSSR count). The molecule has 5 heteroatoms. The molecule has 0 aliphatic rings. The van der Waals surface area contributed by atoms with Gasteiger partial charge in [0.2, 0.25) is 0 Å². The van der Waals surface area contributed by atoms with Gasteiger partial charge in [0.15, 0.2) is 0 Å². The summed E-state index contributed by atoms with van der Waals surface area (Å²) in [6.45, 7) is 0. The van der Waals surface area contributed by atoms with Gasteiger partial charge >= 0.3 is 5.97 Å². The van der Waals surface area contributed by atoms with Crippen LogP contribution in [0.5, 0.6) is 0 Å². The SMILES string of the molecule is O=C(O)c1cc(Cl)nc2ccc(CI)cc12. The average molecular weight is 348 g/mol. The number of fused-ring (bicyclic) bond motifs is 1. The topological polar surface area (TPSA) is 50.2 Å². The molecule has 0 aliphatic heterocycles. The zero-order chi connectivity index (χ0) is 11.7. The van der Waals surface area contributed by atoms with E-state index in [1.54, 1.807) is 6.07 Å². The fourth-order valence-electron chi connectivity index (χ4n) is 1.50. The standard InChI is InChI=1S/C11H7ClINO2/c12-10-4-8(11(15)16)7-3-6(5-13)1-2-9(7)14-10/h1-4H,5H2,(H,15,16). The van der Waals surface area contributed by atoms with Crippen LogP contribution >= 0.6 is 34.2 Å². The largest absolute Gasteiger partial charge is 0.478 e. The molecule has 1 aromatic heterocycles. The van der Waals surface area contributed by atoms with E-state index in [2.05, 4.69) is 27.6 Å². The highest BCUT2D eigenvalue weighted by Crippen LogP contribution is 2.23. The first-order valence-electron chi connectivity index (χ1n) is 4.50. The molecule has 0 atom stereocenters. The van der Waals surface area contributed by atoms with E-state index in [1.165, 1.54) is 6.07 Å². The van der Waals surface area contributed by atoms with Crippen molar-refractivity contribution >= 4 is 51.1 Å². The van der Waals surface area contributed by atoms with Crippen LogP contribution in [0.3, 0.4) is 0 Å². The van der Waals surface area contributed by atoms with Gasteiger partial charge in [0, 0.05) is 9.81 Å². The lowest BCUT2D eigenvalue weighted by Crippen LogP contribution is -1.99. The van der Waals surface area contributed by atoms with Gasteiger partial charge in [-0.1, -0.05) is 40.3 Å². The van der Waals surface area contributed by atoms with Crippen molar-refractivity contribution < 1.29 is 9.90 Å². The van der Waals surface area contributed by atoms with E-state index in [0.29, 0.717) is 10.9 Å². The van der Waals surface area contributed by atoms with Gasteiger partial charge in [0.05, 0.1) is 11.1 Å². The van der Waals surface area contributed by atoms with Crippen molar-refractivity contribution in [2.45, 2.75) is 4.43 Å². The normalized spacial score (nSPS) is 10.6. The summed E-state index contributed by atoms with van der Waals surface area (Å²) in [6, 6.07) is 6.93. The average Bonchev–Trinajstić information content (AvgIpc) is 2.27. The molecule has 1 aromatic carbocycles. The summed E-state index contributed by atoms with van der Waals surface area (Å²) in [7, 11) is 0. The first kappa shape index (κ1) is 11.6. The minimum Gasteiger partial charge on any atom is -0.478 e. The van der Waals surface area contributed by atoms with Crippen LogP contribution in [0, 0.1) is 0 Å².